The van der Waals surface area contributed by atoms with Crippen molar-refractivity contribution in [3.63, 3.8) is 0 Å². The standard InChI is InChI=1S/C15H23N6O2P/c16-13-12(24)15(19-8-18-13)20-6-4-9(14(17)23)10(7-20)21-5-2-1-3-11(21)22/h8-10H,1-7,24H2,(H2,17,23)(H2,16,18,19)/t9-,10-/m1/s1. The average Bonchev–Trinajstić information content (AvgIpc) is 2.57. The van der Waals surface area contributed by atoms with Crippen LogP contribution in [0.1, 0.15) is 25.7 Å². The van der Waals surface area contributed by atoms with Crippen molar-refractivity contribution < 1.29 is 9.59 Å². The molecule has 0 saturated carbocycles. The Morgan fingerprint density at radius 2 is 2.08 bits per heavy atom. The average molecular weight is 350 g/mol. The number of rotatable bonds is 3. The second kappa shape index (κ2) is 6.89. The van der Waals surface area contributed by atoms with Gasteiger partial charge in [0.05, 0.1) is 17.3 Å². The van der Waals surface area contributed by atoms with E-state index in [0.717, 1.165) is 24.0 Å². The lowest BCUT2D eigenvalue weighted by molar-refractivity contribution is -0.139. The molecule has 2 amide bonds. The fourth-order valence-electron chi connectivity index (χ4n) is 3.60. The number of piperidine rings is 2. The molecule has 130 valence electrons. The van der Waals surface area contributed by atoms with Crippen LogP contribution in [-0.4, -0.2) is 52.4 Å². The van der Waals surface area contributed by atoms with Gasteiger partial charge < -0.3 is 21.3 Å². The summed E-state index contributed by atoms with van der Waals surface area (Å²) in [5, 5.41) is 0.735. The van der Waals surface area contributed by atoms with E-state index in [0.29, 0.717) is 38.3 Å². The molecule has 2 fully saturated rings. The maximum absolute atomic E-state index is 12.3. The van der Waals surface area contributed by atoms with Gasteiger partial charge in [-0.1, -0.05) is 9.24 Å². The topological polar surface area (TPSA) is 118 Å². The first kappa shape index (κ1) is 16.9. The third-order valence-electron chi connectivity index (χ3n) is 4.90. The first-order valence-corrected chi connectivity index (χ1v) is 8.76. The minimum absolute atomic E-state index is 0.104. The van der Waals surface area contributed by atoms with Gasteiger partial charge in [0.25, 0.3) is 0 Å². The van der Waals surface area contributed by atoms with E-state index in [-0.39, 0.29) is 23.8 Å². The van der Waals surface area contributed by atoms with E-state index >= 15 is 0 Å². The number of hydrogen-bond acceptors (Lipinski definition) is 6. The Bertz CT molecular complexity index is 655. The summed E-state index contributed by atoms with van der Waals surface area (Å²) in [6, 6.07) is -0.218. The Morgan fingerprint density at radius 1 is 1.29 bits per heavy atom. The number of carbonyl (C=O) groups excluding carboxylic acids is 2. The van der Waals surface area contributed by atoms with E-state index in [9.17, 15) is 9.59 Å². The van der Waals surface area contributed by atoms with E-state index in [1.165, 1.54) is 6.33 Å². The number of likely N-dealkylation sites (tertiary alicyclic amines) is 1. The molecule has 2 aliphatic rings. The molecule has 1 aromatic rings. The molecular formula is C15H23N6O2P. The molecule has 3 atom stereocenters. The van der Waals surface area contributed by atoms with Crippen LogP contribution < -0.4 is 21.7 Å². The molecule has 24 heavy (non-hydrogen) atoms. The van der Waals surface area contributed by atoms with Crippen LogP contribution in [0.25, 0.3) is 0 Å². The zero-order chi connectivity index (χ0) is 17.3. The number of primary amides is 1. The lowest BCUT2D eigenvalue weighted by atomic mass is 9.88. The molecule has 2 saturated heterocycles. The zero-order valence-electron chi connectivity index (χ0n) is 13.5. The fourth-order valence-corrected chi connectivity index (χ4v) is 3.93. The Morgan fingerprint density at radius 3 is 2.79 bits per heavy atom. The first-order chi connectivity index (χ1) is 11.5. The van der Waals surface area contributed by atoms with E-state index in [1.807, 2.05) is 4.90 Å². The number of carbonyl (C=O) groups is 2. The summed E-state index contributed by atoms with van der Waals surface area (Å²) in [4.78, 5) is 36.4. The van der Waals surface area contributed by atoms with Crippen molar-refractivity contribution in [3.8, 4) is 0 Å². The molecule has 0 radical (unpaired) electrons. The highest BCUT2D eigenvalue weighted by Crippen LogP contribution is 2.28. The maximum atomic E-state index is 12.3. The van der Waals surface area contributed by atoms with E-state index in [1.54, 1.807) is 0 Å². The summed E-state index contributed by atoms with van der Waals surface area (Å²) in [7, 11) is 2.57. The zero-order valence-corrected chi connectivity index (χ0v) is 14.7. The van der Waals surface area contributed by atoms with Gasteiger partial charge >= 0.3 is 0 Å². The molecule has 0 aromatic carbocycles. The van der Waals surface area contributed by atoms with Gasteiger partial charge in [0.2, 0.25) is 11.8 Å². The second-order valence-corrected chi connectivity index (χ2v) is 6.93. The molecular weight excluding hydrogens is 327 g/mol. The van der Waals surface area contributed by atoms with Gasteiger partial charge in [0.15, 0.2) is 0 Å². The molecule has 3 rings (SSSR count). The van der Waals surface area contributed by atoms with E-state index in [4.69, 9.17) is 11.5 Å². The van der Waals surface area contributed by atoms with Gasteiger partial charge in [-0.25, -0.2) is 9.97 Å². The molecule has 1 unspecified atom stereocenters. The van der Waals surface area contributed by atoms with Crippen molar-refractivity contribution in [2.45, 2.75) is 31.7 Å². The van der Waals surface area contributed by atoms with Gasteiger partial charge in [-0.2, -0.15) is 0 Å². The molecule has 8 nitrogen and oxygen atoms in total. The third kappa shape index (κ3) is 3.15. The van der Waals surface area contributed by atoms with Crippen LogP contribution in [0.3, 0.4) is 0 Å². The van der Waals surface area contributed by atoms with Crippen molar-refractivity contribution in [1.29, 1.82) is 0 Å². The third-order valence-corrected chi connectivity index (χ3v) is 5.45. The molecule has 9 heteroatoms. The van der Waals surface area contributed by atoms with Crippen LogP contribution in [0.4, 0.5) is 11.6 Å². The number of aromatic nitrogens is 2. The quantitative estimate of drug-likeness (QED) is 0.693. The predicted octanol–water partition coefficient (Wildman–Crippen LogP) is -0.748. The van der Waals surface area contributed by atoms with E-state index < -0.39 is 0 Å². The van der Waals surface area contributed by atoms with Crippen LogP contribution in [0.15, 0.2) is 6.33 Å². The van der Waals surface area contributed by atoms with Crippen molar-refractivity contribution in [2.24, 2.45) is 11.7 Å². The molecule has 0 spiro atoms. The number of nitrogens with two attached hydrogens (primary N) is 2. The van der Waals surface area contributed by atoms with Crippen molar-refractivity contribution in [3.05, 3.63) is 6.33 Å². The highest BCUT2D eigenvalue weighted by molar-refractivity contribution is 7.28. The lowest BCUT2D eigenvalue weighted by Crippen LogP contribution is -2.59. The normalized spacial score (nSPS) is 25.0. The Labute approximate surface area is 143 Å². The fraction of sp³-hybridized carbons (Fsp3) is 0.600. The van der Waals surface area contributed by atoms with Gasteiger partial charge in [-0.3, -0.25) is 9.59 Å². The van der Waals surface area contributed by atoms with Crippen molar-refractivity contribution in [1.82, 2.24) is 14.9 Å². The van der Waals surface area contributed by atoms with Gasteiger partial charge in [0.1, 0.15) is 18.0 Å². The summed E-state index contributed by atoms with van der Waals surface area (Å²) < 4.78 is 0. The molecule has 0 aliphatic carbocycles. The summed E-state index contributed by atoms with van der Waals surface area (Å²) in [6.07, 6.45) is 4.43. The van der Waals surface area contributed by atoms with Gasteiger partial charge in [0, 0.05) is 26.1 Å². The summed E-state index contributed by atoms with van der Waals surface area (Å²) in [6.45, 7) is 1.85. The number of amides is 2. The largest absolute Gasteiger partial charge is 0.383 e. The minimum atomic E-state index is -0.341. The Hall–Kier alpha value is -1.95. The molecule has 4 N–H and O–H groups in total. The van der Waals surface area contributed by atoms with E-state index in [2.05, 4.69) is 24.1 Å². The number of nitrogens with zero attached hydrogens (tertiary/aromatic N) is 4. The first-order valence-electron chi connectivity index (χ1n) is 8.18. The van der Waals surface area contributed by atoms with Crippen LogP contribution in [-0.2, 0) is 9.59 Å². The minimum Gasteiger partial charge on any atom is -0.383 e. The molecule has 0 bridgehead atoms. The number of anilines is 2. The molecule has 1 aromatic heterocycles. The lowest BCUT2D eigenvalue weighted by Gasteiger charge is -2.44. The summed E-state index contributed by atoms with van der Waals surface area (Å²) in [5.74, 6) is 0.576. The smallest absolute Gasteiger partial charge is 0.222 e. The van der Waals surface area contributed by atoms with Crippen LogP contribution >= 0.6 is 9.24 Å². The van der Waals surface area contributed by atoms with Gasteiger partial charge in [-0.05, 0) is 19.3 Å². The van der Waals surface area contributed by atoms with Crippen LogP contribution in [0.2, 0.25) is 0 Å². The SMILES string of the molecule is NC(=O)[C@@H]1CCN(c2ncnc(N)c2P)C[C@H]1N1CCCCC1=O. The van der Waals surface area contributed by atoms with Crippen molar-refractivity contribution in [2.75, 3.05) is 30.3 Å². The molecule has 3 heterocycles. The Kier molecular flexibility index (Phi) is 4.85. The summed E-state index contributed by atoms with van der Waals surface area (Å²) >= 11 is 0. The van der Waals surface area contributed by atoms with Gasteiger partial charge in [-0.15, -0.1) is 0 Å². The van der Waals surface area contributed by atoms with Crippen molar-refractivity contribution >= 4 is 38.0 Å². The molecule has 2 aliphatic heterocycles. The highest BCUT2D eigenvalue weighted by Gasteiger charge is 2.40. The Balaban J connectivity index is 1.87. The van der Waals surface area contributed by atoms with Crippen LogP contribution in [0, 0.1) is 5.92 Å². The maximum Gasteiger partial charge on any atom is 0.222 e. The number of hydrogen-bond donors (Lipinski definition) is 2. The summed E-state index contributed by atoms with van der Waals surface area (Å²) in [5.41, 5.74) is 11.5. The number of nitrogen functional groups attached to an aromatic ring is 1. The monoisotopic (exact) mass is 350 g/mol. The predicted molar refractivity (Wildman–Crippen MR) is 94.7 cm³/mol. The second-order valence-electron chi connectivity index (χ2n) is 6.35. The van der Waals surface area contributed by atoms with Crippen LogP contribution in [0.5, 0.6) is 0 Å². The highest BCUT2D eigenvalue weighted by atomic mass is 31.0.